The van der Waals surface area contributed by atoms with Crippen LogP contribution in [0.15, 0.2) is 47.5 Å². The number of nitro groups is 1. The Kier molecular flexibility index (Phi) is 3.27. The predicted octanol–water partition coefficient (Wildman–Crippen LogP) is 2.27. The van der Waals surface area contributed by atoms with Crippen molar-refractivity contribution in [2.24, 2.45) is 10.7 Å². The van der Waals surface area contributed by atoms with Crippen molar-refractivity contribution in [3.8, 4) is 0 Å². The van der Waals surface area contributed by atoms with Crippen LogP contribution >= 0.6 is 0 Å². The Balaban J connectivity index is 1.92. The molecular weight excluding hydrogens is 322 g/mol. The molecule has 4 N–H and O–H groups in total. The highest BCUT2D eigenvalue weighted by molar-refractivity contribution is 5.94. The number of guanidine groups is 1. The van der Waals surface area contributed by atoms with Crippen LogP contribution in [0.25, 0.3) is 11.0 Å². The predicted molar refractivity (Wildman–Crippen MR) is 95.8 cm³/mol. The van der Waals surface area contributed by atoms with Crippen LogP contribution in [0, 0.1) is 10.1 Å². The van der Waals surface area contributed by atoms with Crippen LogP contribution < -0.4 is 16.4 Å². The van der Waals surface area contributed by atoms with E-state index in [0.29, 0.717) is 17.2 Å². The Morgan fingerprint density at radius 3 is 2.88 bits per heavy atom. The van der Waals surface area contributed by atoms with Gasteiger partial charge in [-0.2, -0.15) is 0 Å². The minimum atomic E-state index is -0.534. The highest BCUT2D eigenvalue weighted by Crippen LogP contribution is 2.35. The molecule has 0 saturated carbocycles. The zero-order valence-corrected chi connectivity index (χ0v) is 13.3. The fourth-order valence-electron chi connectivity index (χ4n) is 3.01. The van der Waals surface area contributed by atoms with E-state index in [1.807, 2.05) is 28.8 Å². The molecule has 0 radical (unpaired) electrons. The molecule has 9 heteroatoms. The number of nitrogens with two attached hydrogens (primary N) is 1. The van der Waals surface area contributed by atoms with Crippen LogP contribution in [0.2, 0.25) is 0 Å². The maximum Gasteiger partial charge on any atom is 0.292 e. The van der Waals surface area contributed by atoms with Gasteiger partial charge in [-0.25, -0.2) is 9.98 Å². The first-order valence-corrected chi connectivity index (χ1v) is 7.62. The first-order chi connectivity index (χ1) is 12.1. The number of hydrogen-bond donors (Lipinski definition) is 3. The largest absolute Gasteiger partial charge is 0.383 e. The fraction of sp³-hybridized carbons (Fsp3) is 0.125. The SMILES string of the molecule is CNc1ccc([C@H]2N=C(N)Nc3nc4ccccc4n32)cc1[N+](=O)[O-]. The number of anilines is 2. The number of para-hydroxylation sites is 2. The molecule has 2 aromatic carbocycles. The molecule has 0 spiro atoms. The quantitative estimate of drug-likeness (QED) is 0.497. The Bertz CT molecular complexity index is 1020. The zero-order valence-electron chi connectivity index (χ0n) is 13.3. The van der Waals surface area contributed by atoms with Crippen molar-refractivity contribution in [1.82, 2.24) is 9.55 Å². The van der Waals surface area contributed by atoms with Gasteiger partial charge in [-0.1, -0.05) is 18.2 Å². The van der Waals surface area contributed by atoms with Gasteiger partial charge >= 0.3 is 0 Å². The second-order valence-electron chi connectivity index (χ2n) is 5.59. The van der Waals surface area contributed by atoms with Gasteiger partial charge in [0.1, 0.15) is 5.69 Å². The van der Waals surface area contributed by atoms with Crippen molar-refractivity contribution in [2.75, 3.05) is 17.7 Å². The van der Waals surface area contributed by atoms with Crippen LogP contribution in [0.3, 0.4) is 0 Å². The minimum Gasteiger partial charge on any atom is -0.383 e. The number of nitrogens with zero attached hydrogens (tertiary/aromatic N) is 4. The molecule has 0 fully saturated rings. The van der Waals surface area contributed by atoms with Gasteiger partial charge in [-0.3, -0.25) is 20.0 Å². The zero-order chi connectivity index (χ0) is 17.6. The number of aromatic nitrogens is 2. The Hall–Kier alpha value is -3.62. The van der Waals surface area contributed by atoms with E-state index in [0.717, 1.165) is 11.0 Å². The Morgan fingerprint density at radius 2 is 2.12 bits per heavy atom. The number of rotatable bonds is 3. The van der Waals surface area contributed by atoms with Gasteiger partial charge in [0.15, 0.2) is 12.1 Å². The average molecular weight is 337 g/mol. The molecule has 0 unspecified atom stereocenters. The molecule has 1 aromatic heterocycles. The molecule has 1 atom stereocenters. The lowest BCUT2D eigenvalue weighted by Gasteiger charge is -2.23. The monoisotopic (exact) mass is 337 g/mol. The lowest BCUT2D eigenvalue weighted by atomic mass is 10.1. The van der Waals surface area contributed by atoms with E-state index in [4.69, 9.17) is 5.73 Å². The van der Waals surface area contributed by atoms with E-state index in [1.54, 1.807) is 19.2 Å². The van der Waals surface area contributed by atoms with Gasteiger partial charge < -0.3 is 11.1 Å². The lowest BCUT2D eigenvalue weighted by molar-refractivity contribution is -0.384. The number of benzene rings is 2. The normalized spacial score (nSPS) is 16.0. The first kappa shape index (κ1) is 14.9. The van der Waals surface area contributed by atoms with Gasteiger partial charge in [-0.15, -0.1) is 0 Å². The van der Waals surface area contributed by atoms with Crippen LogP contribution in [-0.2, 0) is 0 Å². The first-order valence-electron chi connectivity index (χ1n) is 7.62. The summed E-state index contributed by atoms with van der Waals surface area (Å²) in [6, 6.07) is 12.6. The molecule has 25 heavy (non-hydrogen) atoms. The maximum atomic E-state index is 11.4. The molecule has 3 aromatic rings. The van der Waals surface area contributed by atoms with E-state index in [9.17, 15) is 10.1 Å². The topological polar surface area (TPSA) is 123 Å². The van der Waals surface area contributed by atoms with E-state index < -0.39 is 11.1 Å². The fourth-order valence-corrected chi connectivity index (χ4v) is 3.01. The molecule has 126 valence electrons. The second kappa shape index (κ2) is 5.48. The van der Waals surface area contributed by atoms with Gasteiger partial charge in [0.05, 0.1) is 16.0 Å². The van der Waals surface area contributed by atoms with Crippen molar-refractivity contribution in [3.05, 3.63) is 58.1 Å². The van der Waals surface area contributed by atoms with Gasteiger partial charge in [0.2, 0.25) is 5.95 Å². The molecule has 1 aliphatic rings. The number of hydrogen-bond acceptors (Lipinski definition) is 7. The second-order valence-corrected chi connectivity index (χ2v) is 5.59. The molecule has 1 aliphatic heterocycles. The molecule has 0 aliphatic carbocycles. The van der Waals surface area contributed by atoms with Crippen molar-refractivity contribution in [2.45, 2.75) is 6.17 Å². The van der Waals surface area contributed by atoms with Crippen LogP contribution in [0.1, 0.15) is 11.7 Å². The van der Waals surface area contributed by atoms with Crippen LogP contribution in [-0.4, -0.2) is 27.5 Å². The summed E-state index contributed by atoms with van der Waals surface area (Å²) in [4.78, 5) is 19.9. The molecule has 9 nitrogen and oxygen atoms in total. The number of nitro benzene ring substituents is 1. The summed E-state index contributed by atoms with van der Waals surface area (Å²) in [7, 11) is 1.64. The van der Waals surface area contributed by atoms with E-state index >= 15 is 0 Å². The van der Waals surface area contributed by atoms with Crippen LogP contribution in [0.4, 0.5) is 17.3 Å². The Labute approximate surface area is 142 Å². The standard InChI is InChI=1S/C16H15N7O2/c1-18-10-7-6-9(8-13(10)23(24)25)14-20-15(17)21-16-19-11-4-2-3-5-12(11)22(14)16/h2-8,14,18H,1H3,(H3,17,19,20,21)/t14-/m0/s1. The smallest absolute Gasteiger partial charge is 0.292 e. The third kappa shape index (κ3) is 2.33. The minimum absolute atomic E-state index is 0.0155. The van der Waals surface area contributed by atoms with Gasteiger partial charge in [0, 0.05) is 18.7 Å². The summed E-state index contributed by atoms with van der Waals surface area (Å²) in [6.45, 7) is 0. The van der Waals surface area contributed by atoms with E-state index in [2.05, 4.69) is 20.6 Å². The van der Waals surface area contributed by atoms with E-state index in [-0.39, 0.29) is 11.6 Å². The van der Waals surface area contributed by atoms with Gasteiger partial charge in [-0.05, 0) is 18.2 Å². The molecule has 0 amide bonds. The average Bonchev–Trinajstić information content (AvgIpc) is 2.98. The highest BCUT2D eigenvalue weighted by atomic mass is 16.6. The molecule has 0 bridgehead atoms. The maximum absolute atomic E-state index is 11.4. The number of fused-ring (bicyclic) bond motifs is 3. The van der Waals surface area contributed by atoms with Crippen molar-refractivity contribution in [3.63, 3.8) is 0 Å². The summed E-state index contributed by atoms with van der Waals surface area (Å²) in [5, 5.41) is 17.1. The van der Waals surface area contributed by atoms with Gasteiger partial charge in [0.25, 0.3) is 5.69 Å². The Morgan fingerprint density at radius 1 is 1.32 bits per heavy atom. The van der Waals surface area contributed by atoms with Crippen molar-refractivity contribution in [1.29, 1.82) is 0 Å². The summed E-state index contributed by atoms with van der Waals surface area (Å²) in [5.74, 6) is 0.771. The summed E-state index contributed by atoms with van der Waals surface area (Å²) < 4.78 is 1.88. The summed E-state index contributed by atoms with van der Waals surface area (Å²) in [6.07, 6.45) is -0.534. The van der Waals surface area contributed by atoms with Crippen LogP contribution in [0.5, 0.6) is 0 Å². The van der Waals surface area contributed by atoms with Crippen molar-refractivity contribution < 1.29 is 4.92 Å². The third-order valence-electron chi connectivity index (χ3n) is 4.13. The molecule has 4 rings (SSSR count). The number of nitrogens with one attached hydrogen (secondary N) is 2. The number of aliphatic imine (C=N–C) groups is 1. The summed E-state index contributed by atoms with van der Waals surface area (Å²) in [5.41, 5.74) is 8.63. The summed E-state index contributed by atoms with van der Waals surface area (Å²) >= 11 is 0. The molecular formula is C16H15N7O2. The third-order valence-corrected chi connectivity index (χ3v) is 4.13. The number of imidazole rings is 1. The molecule has 2 heterocycles. The van der Waals surface area contributed by atoms with E-state index in [1.165, 1.54) is 6.07 Å². The van der Waals surface area contributed by atoms with Crippen molar-refractivity contribution >= 4 is 34.3 Å². The lowest BCUT2D eigenvalue weighted by Crippen LogP contribution is -2.31. The molecule has 0 saturated heterocycles. The highest BCUT2D eigenvalue weighted by Gasteiger charge is 2.27.